The predicted octanol–water partition coefficient (Wildman–Crippen LogP) is 0.167. The highest BCUT2D eigenvalue weighted by molar-refractivity contribution is 7.89. The maximum Gasteiger partial charge on any atom is 0.264 e. The third kappa shape index (κ3) is 2.59. The molecule has 0 amide bonds. The standard InChI is InChI=1S/C12H19ClN4O3S/c1-15-4-3-10-9(7-15)17(5-6-20-10)21(18,19)12-11(13)16(2)8-14-12/h8-10H,3-7H2,1-2H3/t9-,10-/m0/s1. The Balaban J connectivity index is 1.95. The molecule has 2 saturated heterocycles. The molecule has 1 aromatic heterocycles. The summed E-state index contributed by atoms with van der Waals surface area (Å²) >= 11 is 6.07. The molecular weight excluding hydrogens is 316 g/mol. The van der Waals surface area contributed by atoms with Crippen molar-refractivity contribution in [3.05, 3.63) is 11.5 Å². The summed E-state index contributed by atoms with van der Waals surface area (Å²) in [6, 6.07) is -0.180. The molecule has 3 rings (SSSR count). The molecule has 2 atom stereocenters. The largest absolute Gasteiger partial charge is 0.375 e. The number of likely N-dealkylation sites (tertiary alicyclic amines) is 1. The van der Waals surface area contributed by atoms with E-state index in [-0.39, 0.29) is 22.3 Å². The number of sulfonamides is 1. The molecule has 21 heavy (non-hydrogen) atoms. The average Bonchev–Trinajstić information content (AvgIpc) is 2.78. The molecule has 9 heteroatoms. The van der Waals surface area contributed by atoms with Gasteiger partial charge in [-0.05, 0) is 13.5 Å². The average molecular weight is 335 g/mol. The van der Waals surface area contributed by atoms with Gasteiger partial charge in [0.15, 0.2) is 0 Å². The Bertz CT molecular complexity index is 632. The van der Waals surface area contributed by atoms with E-state index in [1.165, 1.54) is 15.2 Å². The minimum absolute atomic E-state index is 0.0489. The summed E-state index contributed by atoms with van der Waals surface area (Å²) in [5.74, 6) is 0. The Kier molecular flexibility index (Phi) is 4.00. The smallest absolute Gasteiger partial charge is 0.264 e. The molecule has 0 bridgehead atoms. The van der Waals surface area contributed by atoms with Crippen LogP contribution in [-0.4, -0.2) is 72.6 Å². The van der Waals surface area contributed by atoms with E-state index < -0.39 is 10.0 Å². The van der Waals surface area contributed by atoms with E-state index in [4.69, 9.17) is 16.3 Å². The fraction of sp³-hybridized carbons (Fsp3) is 0.750. The first-order valence-electron chi connectivity index (χ1n) is 6.90. The highest BCUT2D eigenvalue weighted by Gasteiger charge is 2.43. The summed E-state index contributed by atoms with van der Waals surface area (Å²) in [7, 11) is -0.0420. The number of fused-ring (bicyclic) bond motifs is 1. The number of halogens is 1. The van der Waals surface area contributed by atoms with E-state index >= 15 is 0 Å². The molecule has 0 N–H and O–H groups in total. The summed E-state index contributed by atoms with van der Waals surface area (Å²) in [5.41, 5.74) is 0. The monoisotopic (exact) mass is 334 g/mol. The Morgan fingerprint density at radius 1 is 1.38 bits per heavy atom. The fourth-order valence-electron chi connectivity index (χ4n) is 2.98. The zero-order chi connectivity index (χ0) is 15.2. The van der Waals surface area contributed by atoms with Crippen LogP contribution >= 0.6 is 11.6 Å². The molecule has 118 valence electrons. The number of hydrogen-bond donors (Lipinski definition) is 0. The van der Waals surface area contributed by atoms with Gasteiger partial charge in [0.1, 0.15) is 5.15 Å². The Hall–Kier alpha value is -0.670. The quantitative estimate of drug-likeness (QED) is 0.771. The van der Waals surface area contributed by atoms with E-state index in [2.05, 4.69) is 9.88 Å². The Morgan fingerprint density at radius 2 is 2.14 bits per heavy atom. The van der Waals surface area contributed by atoms with Crippen LogP contribution in [-0.2, 0) is 21.8 Å². The second-order valence-corrected chi connectivity index (χ2v) is 7.76. The third-order valence-electron chi connectivity index (χ3n) is 4.12. The third-order valence-corrected chi connectivity index (χ3v) is 6.54. The van der Waals surface area contributed by atoms with Gasteiger partial charge in [0.25, 0.3) is 10.0 Å². The van der Waals surface area contributed by atoms with E-state index in [9.17, 15) is 8.42 Å². The first-order chi connectivity index (χ1) is 9.91. The van der Waals surface area contributed by atoms with Crippen LogP contribution in [0.5, 0.6) is 0 Å². The molecule has 0 radical (unpaired) electrons. The summed E-state index contributed by atoms with van der Waals surface area (Å²) in [5, 5.41) is 0.0720. The van der Waals surface area contributed by atoms with Crippen LogP contribution in [0.15, 0.2) is 11.4 Å². The molecule has 2 aliphatic heterocycles. The SMILES string of the molecule is CN1CC[C@@H]2OCCN(S(=O)(=O)c3ncn(C)c3Cl)[C@H]2C1. The van der Waals surface area contributed by atoms with Crippen LogP contribution in [0.1, 0.15) is 6.42 Å². The highest BCUT2D eigenvalue weighted by Crippen LogP contribution is 2.30. The van der Waals surface area contributed by atoms with Gasteiger partial charge in [-0.3, -0.25) is 0 Å². The molecule has 7 nitrogen and oxygen atoms in total. The van der Waals surface area contributed by atoms with Crippen molar-refractivity contribution in [1.29, 1.82) is 0 Å². The van der Waals surface area contributed by atoms with Gasteiger partial charge in [0, 0.05) is 26.7 Å². The maximum absolute atomic E-state index is 12.9. The van der Waals surface area contributed by atoms with Crippen molar-refractivity contribution in [2.24, 2.45) is 7.05 Å². The Morgan fingerprint density at radius 3 is 2.81 bits per heavy atom. The van der Waals surface area contributed by atoms with Crippen LogP contribution in [0.4, 0.5) is 0 Å². The number of aromatic nitrogens is 2. The van der Waals surface area contributed by atoms with Crippen molar-refractivity contribution < 1.29 is 13.2 Å². The van der Waals surface area contributed by atoms with E-state index in [1.54, 1.807) is 7.05 Å². The number of imidazole rings is 1. The molecule has 0 spiro atoms. The van der Waals surface area contributed by atoms with E-state index in [0.717, 1.165) is 13.0 Å². The van der Waals surface area contributed by atoms with Crippen LogP contribution < -0.4 is 0 Å². The van der Waals surface area contributed by atoms with Gasteiger partial charge in [-0.2, -0.15) is 4.31 Å². The van der Waals surface area contributed by atoms with Gasteiger partial charge in [-0.25, -0.2) is 13.4 Å². The van der Waals surface area contributed by atoms with Crippen LogP contribution in [0.3, 0.4) is 0 Å². The lowest BCUT2D eigenvalue weighted by molar-refractivity contribution is -0.0720. The van der Waals surface area contributed by atoms with Gasteiger partial charge >= 0.3 is 0 Å². The van der Waals surface area contributed by atoms with Gasteiger partial charge in [0.05, 0.1) is 25.1 Å². The highest BCUT2D eigenvalue weighted by atomic mass is 35.5. The van der Waals surface area contributed by atoms with E-state index in [1.807, 2.05) is 7.05 Å². The fourth-order valence-corrected chi connectivity index (χ4v) is 4.99. The second kappa shape index (κ2) is 5.51. The van der Waals surface area contributed by atoms with Crippen molar-refractivity contribution in [2.45, 2.75) is 23.6 Å². The molecule has 0 unspecified atom stereocenters. The number of ether oxygens (including phenoxy) is 1. The van der Waals surface area contributed by atoms with Crippen molar-refractivity contribution >= 4 is 21.6 Å². The van der Waals surface area contributed by atoms with Gasteiger partial charge in [-0.1, -0.05) is 11.6 Å². The zero-order valence-corrected chi connectivity index (χ0v) is 13.6. The number of rotatable bonds is 2. The number of likely N-dealkylation sites (N-methyl/N-ethyl adjacent to an activating group) is 1. The topological polar surface area (TPSA) is 67.7 Å². The van der Waals surface area contributed by atoms with Crippen molar-refractivity contribution in [1.82, 2.24) is 18.8 Å². The Labute approximate surface area is 129 Å². The lowest BCUT2D eigenvalue weighted by Gasteiger charge is -2.45. The normalized spacial score (nSPS) is 28.5. The molecule has 0 aliphatic carbocycles. The molecule has 0 saturated carbocycles. The lowest BCUT2D eigenvalue weighted by Crippen LogP contribution is -2.60. The number of morpholine rings is 1. The molecule has 2 aliphatic rings. The van der Waals surface area contributed by atoms with Crippen LogP contribution in [0, 0.1) is 0 Å². The molecule has 0 aromatic carbocycles. The summed E-state index contributed by atoms with van der Waals surface area (Å²) in [6.45, 7) is 2.33. The van der Waals surface area contributed by atoms with Crippen molar-refractivity contribution in [3.8, 4) is 0 Å². The van der Waals surface area contributed by atoms with Gasteiger partial charge in [-0.15, -0.1) is 0 Å². The second-order valence-electron chi connectivity index (χ2n) is 5.59. The minimum atomic E-state index is -3.70. The minimum Gasteiger partial charge on any atom is -0.375 e. The van der Waals surface area contributed by atoms with Gasteiger partial charge in [0.2, 0.25) is 5.03 Å². The molecule has 3 heterocycles. The van der Waals surface area contributed by atoms with Gasteiger partial charge < -0.3 is 14.2 Å². The summed E-state index contributed by atoms with van der Waals surface area (Å²) in [4.78, 5) is 6.09. The summed E-state index contributed by atoms with van der Waals surface area (Å²) in [6.07, 6.45) is 2.20. The molecule has 2 fully saturated rings. The lowest BCUT2D eigenvalue weighted by atomic mass is 10.0. The van der Waals surface area contributed by atoms with Crippen molar-refractivity contribution in [3.63, 3.8) is 0 Å². The first-order valence-corrected chi connectivity index (χ1v) is 8.72. The van der Waals surface area contributed by atoms with Crippen molar-refractivity contribution in [2.75, 3.05) is 33.3 Å². The predicted molar refractivity (Wildman–Crippen MR) is 77.8 cm³/mol. The summed E-state index contributed by atoms with van der Waals surface area (Å²) < 4.78 is 34.5. The molecule has 1 aromatic rings. The number of hydrogen-bond acceptors (Lipinski definition) is 5. The maximum atomic E-state index is 12.9. The zero-order valence-electron chi connectivity index (χ0n) is 12.1. The number of nitrogens with zero attached hydrogens (tertiary/aromatic N) is 4. The van der Waals surface area contributed by atoms with Crippen LogP contribution in [0.25, 0.3) is 0 Å². The van der Waals surface area contributed by atoms with Crippen LogP contribution in [0.2, 0.25) is 5.15 Å². The number of aryl methyl sites for hydroxylation is 1. The first kappa shape index (κ1) is 15.2. The molecular formula is C12H19ClN4O3S. The van der Waals surface area contributed by atoms with E-state index in [0.29, 0.717) is 19.7 Å². The number of piperidine rings is 1.